The molecule has 0 bridgehead atoms. The van der Waals surface area contributed by atoms with Crippen molar-refractivity contribution in [1.82, 2.24) is 14.8 Å². The predicted octanol–water partition coefficient (Wildman–Crippen LogP) is 5.68. The summed E-state index contributed by atoms with van der Waals surface area (Å²) in [6.07, 6.45) is 2.93. The molecular formula is C30H27FN4O3. The van der Waals surface area contributed by atoms with Gasteiger partial charge in [-0.15, -0.1) is 0 Å². The van der Waals surface area contributed by atoms with Crippen LogP contribution in [0.5, 0.6) is 11.5 Å². The smallest absolute Gasteiger partial charge is 0.178 e. The average Bonchev–Trinajstić information content (AvgIpc) is 3.31. The molecule has 0 saturated carbocycles. The summed E-state index contributed by atoms with van der Waals surface area (Å²) in [6.45, 7) is 6.21. The van der Waals surface area contributed by atoms with E-state index < -0.39 is 5.82 Å². The zero-order valence-corrected chi connectivity index (χ0v) is 21.4. The van der Waals surface area contributed by atoms with Gasteiger partial charge in [-0.2, -0.15) is 5.10 Å². The predicted molar refractivity (Wildman–Crippen MR) is 142 cm³/mol. The highest BCUT2D eigenvalue weighted by atomic mass is 19.1. The lowest BCUT2D eigenvalue weighted by Gasteiger charge is -2.14. The Morgan fingerprint density at radius 3 is 2.58 bits per heavy atom. The van der Waals surface area contributed by atoms with Crippen molar-refractivity contribution < 1.29 is 18.7 Å². The Labute approximate surface area is 220 Å². The quantitative estimate of drug-likeness (QED) is 0.319. The van der Waals surface area contributed by atoms with E-state index in [1.807, 2.05) is 36.4 Å². The third-order valence-electron chi connectivity index (χ3n) is 6.24. The third kappa shape index (κ3) is 5.44. The van der Waals surface area contributed by atoms with Crippen LogP contribution >= 0.6 is 0 Å². The Hall–Kier alpha value is -4.46. The maximum Gasteiger partial charge on any atom is 0.178 e. The van der Waals surface area contributed by atoms with E-state index in [9.17, 15) is 9.59 Å². The molecule has 1 aliphatic rings. The van der Waals surface area contributed by atoms with Crippen LogP contribution in [0, 0.1) is 5.82 Å². The van der Waals surface area contributed by atoms with Crippen LogP contribution in [-0.4, -0.2) is 32.5 Å². The van der Waals surface area contributed by atoms with Crippen LogP contribution in [0.4, 0.5) is 10.2 Å². The summed E-state index contributed by atoms with van der Waals surface area (Å²) in [5, 5.41) is 4.76. The number of aromatic nitrogens is 3. The second-order valence-corrected chi connectivity index (χ2v) is 10.3. The number of ketones is 2. The topological polar surface area (TPSA) is 86.4 Å². The highest BCUT2D eigenvalue weighted by Crippen LogP contribution is 2.33. The number of hydrogen-bond acceptors (Lipinski definition) is 6. The molecule has 3 heterocycles. The molecule has 0 radical (unpaired) electrons. The van der Waals surface area contributed by atoms with E-state index in [0.29, 0.717) is 17.1 Å². The first kappa shape index (κ1) is 25.2. The van der Waals surface area contributed by atoms with Crippen LogP contribution in [0.3, 0.4) is 0 Å². The van der Waals surface area contributed by atoms with Gasteiger partial charge in [0.25, 0.3) is 0 Å². The van der Waals surface area contributed by atoms with Crippen LogP contribution in [0.15, 0.2) is 71.9 Å². The molecule has 8 heteroatoms. The van der Waals surface area contributed by atoms with Crippen LogP contribution in [-0.2, 0) is 34.3 Å². The van der Waals surface area contributed by atoms with E-state index in [1.165, 1.54) is 18.5 Å². The first-order valence-electron chi connectivity index (χ1n) is 12.3. The minimum absolute atomic E-state index is 0.0647. The molecule has 0 saturated heterocycles. The Bertz CT molecular complexity index is 1550. The number of halogens is 1. The molecule has 192 valence electrons. The number of fused-ring (bicyclic) bond motifs is 1. The van der Waals surface area contributed by atoms with Crippen molar-refractivity contribution in [2.24, 2.45) is 4.99 Å². The number of benzene rings is 2. The summed E-state index contributed by atoms with van der Waals surface area (Å²) in [6, 6.07) is 17.6. The molecule has 0 atom stereocenters. The molecule has 38 heavy (non-hydrogen) atoms. The lowest BCUT2D eigenvalue weighted by Crippen LogP contribution is -2.13. The largest absolute Gasteiger partial charge is 0.457 e. The van der Waals surface area contributed by atoms with Crippen molar-refractivity contribution in [2.45, 2.75) is 45.4 Å². The van der Waals surface area contributed by atoms with Gasteiger partial charge in [-0.05, 0) is 35.9 Å². The summed E-state index contributed by atoms with van der Waals surface area (Å²) >= 11 is 0. The lowest BCUT2D eigenvalue weighted by atomic mass is 9.92. The highest BCUT2D eigenvalue weighted by molar-refractivity contribution is 6.29. The zero-order valence-electron chi connectivity index (χ0n) is 21.4. The minimum atomic E-state index is -0.542. The Morgan fingerprint density at radius 1 is 1.05 bits per heavy atom. The maximum absolute atomic E-state index is 15.0. The number of rotatable bonds is 7. The number of carbonyl (C=O) groups is 2. The monoisotopic (exact) mass is 510 g/mol. The molecule has 5 rings (SSSR count). The van der Waals surface area contributed by atoms with Gasteiger partial charge in [0.2, 0.25) is 0 Å². The number of para-hydroxylation sites is 1. The van der Waals surface area contributed by atoms with Gasteiger partial charge >= 0.3 is 0 Å². The minimum Gasteiger partial charge on any atom is -0.457 e. The van der Waals surface area contributed by atoms with Gasteiger partial charge in [0.15, 0.2) is 11.6 Å². The van der Waals surface area contributed by atoms with Crippen LogP contribution in [0.2, 0.25) is 0 Å². The van der Waals surface area contributed by atoms with Gasteiger partial charge < -0.3 is 4.74 Å². The van der Waals surface area contributed by atoms with Gasteiger partial charge in [-0.25, -0.2) is 19.0 Å². The number of pyridine rings is 1. The van der Waals surface area contributed by atoms with E-state index in [0.717, 1.165) is 17.1 Å². The Morgan fingerprint density at radius 2 is 1.84 bits per heavy atom. The van der Waals surface area contributed by atoms with Crippen molar-refractivity contribution in [3.63, 3.8) is 0 Å². The second kappa shape index (κ2) is 10.1. The Kier molecular flexibility index (Phi) is 6.72. The van der Waals surface area contributed by atoms with E-state index >= 15 is 4.39 Å². The van der Waals surface area contributed by atoms with Gasteiger partial charge in [0.1, 0.15) is 23.1 Å². The molecule has 1 aliphatic heterocycles. The maximum atomic E-state index is 15.0. The van der Waals surface area contributed by atoms with E-state index in [1.54, 1.807) is 22.9 Å². The number of Topliss-reactive ketones (excluding diaryl/α,β-unsaturated/α-hetero) is 2. The average molecular weight is 511 g/mol. The van der Waals surface area contributed by atoms with Gasteiger partial charge in [-0.1, -0.05) is 45.0 Å². The molecule has 4 aromatic rings. The molecule has 2 aromatic carbocycles. The summed E-state index contributed by atoms with van der Waals surface area (Å²) in [5.41, 5.74) is 3.15. The van der Waals surface area contributed by atoms with Gasteiger partial charge in [0, 0.05) is 42.5 Å². The fraction of sp³-hybridized carbons (Fsp3) is 0.233. The van der Waals surface area contributed by atoms with Gasteiger partial charge in [-0.3, -0.25) is 9.59 Å². The van der Waals surface area contributed by atoms with Crippen molar-refractivity contribution in [2.75, 3.05) is 0 Å². The number of nitrogens with zero attached hydrogens (tertiary/aromatic N) is 4. The van der Waals surface area contributed by atoms with E-state index in [4.69, 9.17) is 9.84 Å². The fourth-order valence-corrected chi connectivity index (χ4v) is 4.23. The number of hydrogen-bond donors (Lipinski definition) is 0. The Balaban J connectivity index is 1.33. The summed E-state index contributed by atoms with van der Waals surface area (Å²) in [7, 11) is 0. The normalized spacial score (nSPS) is 12.9. The highest BCUT2D eigenvalue weighted by Gasteiger charge is 2.23. The fourth-order valence-electron chi connectivity index (χ4n) is 4.23. The van der Waals surface area contributed by atoms with Crippen molar-refractivity contribution in [1.29, 1.82) is 0 Å². The summed E-state index contributed by atoms with van der Waals surface area (Å²) in [4.78, 5) is 33.0. The molecule has 0 N–H and O–H groups in total. The standard InChI is InChI=1S/C30H27FN4O3/c1-30(2,3)28-15-21(35(34-28)20-7-5-4-6-8-20)14-22(36)13-19-9-10-24(17-26(19)31)38-27-11-12-32-29-25(27)16-23(37)18-33-29/h4-12,15,17-18H,13-14,16H2,1-3H3. The van der Waals surface area contributed by atoms with Crippen molar-refractivity contribution >= 4 is 23.6 Å². The first-order chi connectivity index (χ1) is 18.2. The van der Waals surface area contributed by atoms with Crippen molar-refractivity contribution in [3.8, 4) is 17.2 Å². The number of carbonyl (C=O) groups excluding carboxylic acids is 2. The second-order valence-electron chi connectivity index (χ2n) is 10.3. The molecule has 7 nitrogen and oxygen atoms in total. The van der Waals surface area contributed by atoms with Crippen LogP contribution < -0.4 is 4.74 Å². The summed E-state index contributed by atoms with van der Waals surface area (Å²) < 4.78 is 22.7. The van der Waals surface area contributed by atoms with E-state index in [2.05, 4.69) is 30.7 Å². The van der Waals surface area contributed by atoms with Crippen LogP contribution in [0.1, 0.15) is 43.3 Å². The molecule has 0 aliphatic carbocycles. The molecule has 0 unspecified atom stereocenters. The molecule has 0 spiro atoms. The van der Waals surface area contributed by atoms with Gasteiger partial charge in [0.05, 0.1) is 23.3 Å². The molecule has 0 fully saturated rings. The van der Waals surface area contributed by atoms with Crippen LogP contribution in [0.25, 0.3) is 5.69 Å². The molecular weight excluding hydrogens is 483 g/mol. The molecule has 2 aromatic heterocycles. The SMILES string of the molecule is CC(C)(C)c1cc(CC(=O)Cc2ccc(Oc3ccnc4c3CC(=O)C=N4)cc2F)n(-c2ccccc2)n1. The number of ether oxygens (including phenoxy) is 1. The third-order valence-corrected chi connectivity index (χ3v) is 6.24. The lowest BCUT2D eigenvalue weighted by molar-refractivity contribution is -0.118. The first-order valence-corrected chi connectivity index (χ1v) is 12.3. The number of aliphatic imine (C=N–C) groups is 1. The van der Waals surface area contributed by atoms with Crippen molar-refractivity contribution in [3.05, 3.63) is 95.2 Å². The van der Waals surface area contributed by atoms with E-state index in [-0.39, 0.29) is 47.6 Å². The zero-order chi connectivity index (χ0) is 26.9. The summed E-state index contributed by atoms with van der Waals surface area (Å²) in [5.74, 6) is 0.237. The molecule has 0 amide bonds.